The SMILES string of the molecule is COc1cc2nc(=S)n3c(c2cc1OC)N[C@H](CCC(=O)N1CCN(Cc2ccc4c(c2)OCO4)CC1)C3=O. The van der Waals surface area contributed by atoms with Gasteiger partial charge in [0.05, 0.1) is 19.7 Å². The van der Waals surface area contributed by atoms with Crippen LogP contribution in [0.3, 0.4) is 0 Å². The average molecular weight is 552 g/mol. The van der Waals surface area contributed by atoms with Crippen LogP contribution >= 0.6 is 12.2 Å². The molecule has 11 nitrogen and oxygen atoms in total. The second kappa shape index (κ2) is 10.3. The number of carbonyl (C=O) groups excluding carboxylic acids is 2. The number of aromatic nitrogens is 2. The molecule has 0 bridgehead atoms. The lowest BCUT2D eigenvalue weighted by molar-refractivity contribution is -0.133. The fourth-order valence-electron chi connectivity index (χ4n) is 5.32. The number of rotatable bonds is 7. The van der Waals surface area contributed by atoms with Crippen LogP contribution in [0.5, 0.6) is 23.0 Å². The van der Waals surface area contributed by atoms with Gasteiger partial charge in [0, 0.05) is 50.6 Å². The molecule has 6 rings (SSSR count). The van der Waals surface area contributed by atoms with Gasteiger partial charge in [0.15, 0.2) is 23.0 Å². The molecule has 39 heavy (non-hydrogen) atoms. The summed E-state index contributed by atoms with van der Waals surface area (Å²) in [7, 11) is 3.10. The van der Waals surface area contributed by atoms with E-state index < -0.39 is 6.04 Å². The van der Waals surface area contributed by atoms with Crippen LogP contribution < -0.4 is 24.3 Å². The van der Waals surface area contributed by atoms with Crippen molar-refractivity contribution in [3.63, 3.8) is 0 Å². The summed E-state index contributed by atoms with van der Waals surface area (Å²) >= 11 is 5.42. The van der Waals surface area contributed by atoms with E-state index in [1.54, 1.807) is 26.4 Å². The number of nitrogens with zero attached hydrogens (tertiary/aromatic N) is 4. The van der Waals surface area contributed by atoms with Crippen LogP contribution in [0.1, 0.15) is 23.2 Å². The Morgan fingerprint density at radius 2 is 1.82 bits per heavy atom. The summed E-state index contributed by atoms with van der Waals surface area (Å²) in [5, 5.41) is 3.98. The third-order valence-corrected chi connectivity index (χ3v) is 7.71. The van der Waals surface area contributed by atoms with E-state index in [1.165, 1.54) is 4.57 Å². The lowest BCUT2D eigenvalue weighted by Gasteiger charge is -2.35. The van der Waals surface area contributed by atoms with Gasteiger partial charge in [-0.1, -0.05) is 6.07 Å². The van der Waals surface area contributed by atoms with E-state index in [2.05, 4.69) is 15.2 Å². The Morgan fingerprint density at radius 1 is 1.08 bits per heavy atom. The Bertz CT molecular complexity index is 1520. The quantitative estimate of drug-likeness (QED) is 0.440. The number of ether oxygens (including phenoxy) is 4. The molecule has 12 heteroatoms. The van der Waals surface area contributed by atoms with Crippen molar-refractivity contribution in [1.82, 2.24) is 19.4 Å². The van der Waals surface area contributed by atoms with Crippen LogP contribution in [0.2, 0.25) is 0 Å². The normalized spacial score (nSPS) is 18.3. The topological polar surface area (TPSA) is 107 Å². The van der Waals surface area contributed by atoms with Crippen molar-refractivity contribution >= 4 is 40.8 Å². The van der Waals surface area contributed by atoms with Crippen molar-refractivity contribution in [3.8, 4) is 23.0 Å². The van der Waals surface area contributed by atoms with Crippen LogP contribution in [0.4, 0.5) is 5.82 Å². The van der Waals surface area contributed by atoms with Crippen molar-refractivity contribution in [3.05, 3.63) is 40.7 Å². The second-order valence-corrected chi connectivity index (χ2v) is 10.1. The number of methoxy groups -OCH3 is 2. The molecule has 0 saturated carbocycles. The average Bonchev–Trinajstić information content (AvgIpc) is 3.55. The molecule has 1 saturated heterocycles. The molecular weight excluding hydrogens is 522 g/mol. The molecule has 1 fully saturated rings. The molecule has 0 radical (unpaired) electrons. The molecular formula is C27H29N5O6S. The predicted octanol–water partition coefficient (Wildman–Crippen LogP) is 3.07. The zero-order valence-electron chi connectivity index (χ0n) is 21.8. The number of hydrogen-bond acceptors (Lipinski definition) is 10. The zero-order chi connectivity index (χ0) is 27.1. The first-order valence-corrected chi connectivity index (χ1v) is 13.2. The van der Waals surface area contributed by atoms with E-state index in [9.17, 15) is 9.59 Å². The lowest BCUT2D eigenvalue weighted by atomic mass is 10.1. The predicted molar refractivity (Wildman–Crippen MR) is 145 cm³/mol. The van der Waals surface area contributed by atoms with E-state index in [-0.39, 0.29) is 29.8 Å². The van der Waals surface area contributed by atoms with E-state index in [0.29, 0.717) is 47.7 Å². The minimum Gasteiger partial charge on any atom is -0.493 e. The Balaban J connectivity index is 1.06. The summed E-state index contributed by atoms with van der Waals surface area (Å²) in [5.74, 6) is 3.01. The van der Waals surface area contributed by atoms with Crippen molar-refractivity contribution in [1.29, 1.82) is 0 Å². The Hall–Kier alpha value is -3.90. The van der Waals surface area contributed by atoms with Crippen LogP contribution in [-0.4, -0.2) is 84.4 Å². The van der Waals surface area contributed by atoms with Gasteiger partial charge in [-0.3, -0.25) is 14.5 Å². The first-order chi connectivity index (χ1) is 18.9. The van der Waals surface area contributed by atoms with Crippen molar-refractivity contribution in [2.45, 2.75) is 25.4 Å². The van der Waals surface area contributed by atoms with Crippen LogP contribution in [0, 0.1) is 4.77 Å². The summed E-state index contributed by atoms with van der Waals surface area (Å²) < 4.78 is 23.2. The maximum absolute atomic E-state index is 13.2. The maximum atomic E-state index is 13.2. The first kappa shape index (κ1) is 25.4. The third-order valence-electron chi connectivity index (χ3n) is 7.43. The number of fused-ring (bicyclic) bond motifs is 4. The van der Waals surface area contributed by atoms with Gasteiger partial charge in [0.1, 0.15) is 11.9 Å². The molecule has 3 aliphatic rings. The molecule has 2 aromatic carbocycles. The van der Waals surface area contributed by atoms with Gasteiger partial charge < -0.3 is 29.2 Å². The van der Waals surface area contributed by atoms with Gasteiger partial charge >= 0.3 is 0 Å². The summed E-state index contributed by atoms with van der Waals surface area (Å²) in [6, 6.07) is 8.95. The Kier molecular flexibility index (Phi) is 6.73. The summed E-state index contributed by atoms with van der Waals surface area (Å²) in [6.07, 6.45) is 0.621. The number of anilines is 1. The molecule has 3 aliphatic heterocycles. The molecule has 204 valence electrons. The van der Waals surface area contributed by atoms with Gasteiger partial charge in [-0.05, 0) is 42.4 Å². The Labute approximate surface area is 230 Å². The highest BCUT2D eigenvalue weighted by Gasteiger charge is 2.33. The van der Waals surface area contributed by atoms with Gasteiger partial charge in [0.25, 0.3) is 5.91 Å². The van der Waals surface area contributed by atoms with Gasteiger partial charge in [0.2, 0.25) is 17.5 Å². The standard InChI is InChI=1S/C27H29N5O6S/c1-35-21-12-17-19(13-22(21)36-2)29-27(39)32-25(17)28-18(26(32)34)4-6-24(33)31-9-7-30(8-10-31)14-16-3-5-20-23(11-16)38-15-37-20/h3,5,11-13,18,28H,4,6-10,14-15H2,1-2H3/t18-/m1/s1. The lowest BCUT2D eigenvalue weighted by Crippen LogP contribution is -2.48. The van der Waals surface area contributed by atoms with E-state index >= 15 is 0 Å². The van der Waals surface area contributed by atoms with E-state index in [1.807, 2.05) is 23.1 Å². The highest BCUT2D eigenvalue weighted by atomic mass is 32.1. The number of nitrogens with one attached hydrogen (secondary N) is 1. The number of carbonyl (C=O) groups is 2. The number of amides is 1. The van der Waals surface area contributed by atoms with Crippen molar-refractivity contribution in [2.75, 3.05) is 52.5 Å². The van der Waals surface area contributed by atoms with Gasteiger partial charge in [-0.2, -0.15) is 0 Å². The van der Waals surface area contributed by atoms with Crippen LogP contribution in [-0.2, 0) is 11.3 Å². The number of benzene rings is 2. The second-order valence-electron chi connectivity index (χ2n) is 9.72. The Morgan fingerprint density at radius 3 is 2.59 bits per heavy atom. The highest BCUT2D eigenvalue weighted by Crippen LogP contribution is 2.37. The monoisotopic (exact) mass is 551 g/mol. The first-order valence-electron chi connectivity index (χ1n) is 12.8. The molecule has 1 atom stereocenters. The fourth-order valence-corrected chi connectivity index (χ4v) is 5.60. The molecule has 0 aliphatic carbocycles. The number of piperazine rings is 1. The molecule has 1 amide bonds. The van der Waals surface area contributed by atoms with Gasteiger partial charge in [-0.15, -0.1) is 0 Å². The van der Waals surface area contributed by atoms with Gasteiger partial charge in [-0.25, -0.2) is 9.55 Å². The highest BCUT2D eigenvalue weighted by molar-refractivity contribution is 7.71. The zero-order valence-corrected chi connectivity index (χ0v) is 22.6. The minimum atomic E-state index is -0.566. The molecule has 1 aromatic heterocycles. The molecule has 0 spiro atoms. The van der Waals surface area contributed by atoms with E-state index in [0.717, 1.165) is 36.7 Å². The molecule has 3 aromatic rings. The number of hydrogen-bond donors (Lipinski definition) is 1. The third kappa shape index (κ3) is 4.74. The molecule has 0 unspecified atom stereocenters. The molecule has 1 N–H and O–H groups in total. The van der Waals surface area contributed by atoms with E-state index in [4.69, 9.17) is 31.2 Å². The largest absolute Gasteiger partial charge is 0.493 e. The van der Waals surface area contributed by atoms with Crippen LogP contribution in [0.25, 0.3) is 10.9 Å². The van der Waals surface area contributed by atoms with Crippen molar-refractivity contribution < 1.29 is 28.5 Å². The maximum Gasteiger partial charge on any atom is 0.257 e. The smallest absolute Gasteiger partial charge is 0.257 e. The summed E-state index contributed by atoms with van der Waals surface area (Å²) in [4.78, 5) is 34.9. The van der Waals surface area contributed by atoms with Crippen LogP contribution in [0.15, 0.2) is 30.3 Å². The fraction of sp³-hybridized carbons (Fsp3) is 0.407. The summed E-state index contributed by atoms with van der Waals surface area (Å²) in [5.41, 5.74) is 1.75. The van der Waals surface area contributed by atoms with Crippen molar-refractivity contribution in [2.24, 2.45) is 0 Å². The molecule has 4 heterocycles. The summed E-state index contributed by atoms with van der Waals surface area (Å²) in [6.45, 7) is 3.91. The minimum absolute atomic E-state index is 0.0428.